The second-order valence-electron chi connectivity index (χ2n) is 4.99. The van der Waals surface area contributed by atoms with Crippen LogP contribution >= 0.6 is 11.6 Å². The molecular weight excluding hydrogens is 262 g/mol. The summed E-state index contributed by atoms with van der Waals surface area (Å²) in [6.45, 7) is 3.32. The molecule has 1 aromatic rings. The van der Waals surface area contributed by atoms with Crippen LogP contribution in [0.4, 0.5) is 0 Å². The van der Waals surface area contributed by atoms with E-state index in [-0.39, 0.29) is 6.10 Å². The van der Waals surface area contributed by atoms with Crippen LogP contribution in [0.25, 0.3) is 0 Å². The predicted octanol–water partition coefficient (Wildman–Crippen LogP) is 3.04. The zero-order chi connectivity index (χ0) is 13.5. The lowest BCUT2D eigenvalue weighted by atomic mass is 10.0. The van der Waals surface area contributed by atoms with Crippen LogP contribution < -0.4 is 5.32 Å². The van der Waals surface area contributed by atoms with Crippen molar-refractivity contribution < 1.29 is 9.47 Å². The topological polar surface area (TPSA) is 30.5 Å². The number of benzene rings is 1. The van der Waals surface area contributed by atoms with E-state index in [1.165, 1.54) is 0 Å². The van der Waals surface area contributed by atoms with E-state index in [9.17, 15) is 0 Å². The minimum atomic E-state index is 0.0616. The van der Waals surface area contributed by atoms with Gasteiger partial charge in [0, 0.05) is 24.8 Å². The normalized spacial score (nSPS) is 18.4. The van der Waals surface area contributed by atoms with Crippen LogP contribution in [0.15, 0.2) is 24.3 Å². The van der Waals surface area contributed by atoms with Gasteiger partial charge in [0.25, 0.3) is 0 Å². The Bertz CT molecular complexity index is 380. The van der Waals surface area contributed by atoms with Gasteiger partial charge < -0.3 is 14.8 Å². The summed E-state index contributed by atoms with van der Waals surface area (Å²) in [4.78, 5) is 0. The fraction of sp³-hybridized carbons (Fsp3) is 0.600. The molecule has 1 aliphatic heterocycles. The van der Waals surface area contributed by atoms with Crippen molar-refractivity contribution in [3.8, 4) is 0 Å². The minimum absolute atomic E-state index is 0.0616. The maximum Gasteiger partial charge on any atom is 0.0949 e. The zero-order valence-corrected chi connectivity index (χ0v) is 12.2. The number of rotatable bonds is 6. The molecule has 0 radical (unpaired) electrons. The Kier molecular flexibility index (Phi) is 6.11. The first kappa shape index (κ1) is 14.8. The van der Waals surface area contributed by atoms with Crippen molar-refractivity contribution in [3.05, 3.63) is 34.9 Å². The van der Waals surface area contributed by atoms with Gasteiger partial charge in [0.1, 0.15) is 0 Å². The summed E-state index contributed by atoms with van der Waals surface area (Å²) in [7, 11) is 1.94. The van der Waals surface area contributed by atoms with E-state index in [1.54, 1.807) is 0 Å². The van der Waals surface area contributed by atoms with Crippen molar-refractivity contribution in [2.45, 2.75) is 18.9 Å². The molecule has 1 aliphatic rings. The van der Waals surface area contributed by atoms with E-state index in [0.29, 0.717) is 5.92 Å². The molecule has 19 heavy (non-hydrogen) atoms. The van der Waals surface area contributed by atoms with E-state index < -0.39 is 0 Å². The molecule has 0 bridgehead atoms. The van der Waals surface area contributed by atoms with Crippen molar-refractivity contribution >= 4 is 11.6 Å². The Balaban J connectivity index is 1.91. The van der Waals surface area contributed by atoms with Crippen molar-refractivity contribution in [2.75, 3.05) is 33.4 Å². The number of hydrogen-bond donors (Lipinski definition) is 1. The van der Waals surface area contributed by atoms with Crippen molar-refractivity contribution in [3.63, 3.8) is 0 Å². The lowest BCUT2D eigenvalue weighted by Crippen LogP contribution is -2.25. The Morgan fingerprint density at radius 1 is 1.42 bits per heavy atom. The molecule has 0 aromatic heterocycles. The molecule has 0 saturated carbocycles. The summed E-state index contributed by atoms with van der Waals surface area (Å²) in [5.74, 6) is 0.618. The SMILES string of the molecule is CNCC(OCC1CCOCC1)c1cccc(Cl)c1. The van der Waals surface area contributed by atoms with Gasteiger partial charge in [0.15, 0.2) is 0 Å². The summed E-state index contributed by atoms with van der Waals surface area (Å²) in [6, 6.07) is 7.91. The lowest BCUT2D eigenvalue weighted by molar-refractivity contribution is -0.0108. The number of likely N-dealkylation sites (N-methyl/N-ethyl adjacent to an activating group) is 1. The van der Waals surface area contributed by atoms with E-state index in [4.69, 9.17) is 21.1 Å². The van der Waals surface area contributed by atoms with Gasteiger partial charge in [-0.3, -0.25) is 0 Å². The molecule has 2 rings (SSSR count). The summed E-state index contributed by atoms with van der Waals surface area (Å²) in [5.41, 5.74) is 1.13. The number of halogens is 1. The van der Waals surface area contributed by atoms with Gasteiger partial charge >= 0.3 is 0 Å². The van der Waals surface area contributed by atoms with Gasteiger partial charge in [-0.1, -0.05) is 23.7 Å². The van der Waals surface area contributed by atoms with Crippen LogP contribution in [0, 0.1) is 5.92 Å². The first-order valence-electron chi connectivity index (χ1n) is 6.89. The number of nitrogens with one attached hydrogen (secondary N) is 1. The second kappa shape index (κ2) is 7.85. The Morgan fingerprint density at radius 2 is 2.21 bits per heavy atom. The van der Waals surface area contributed by atoms with E-state index in [1.807, 2.05) is 25.2 Å². The highest BCUT2D eigenvalue weighted by atomic mass is 35.5. The molecule has 0 aliphatic carbocycles. The maximum atomic E-state index is 6.09. The molecule has 1 atom stereocenters. The highest BCUT2D eigenvalue weighted by molar-refractivity contribution is 6.30. The van der Waals surface area contributed by atoms with Crippen LogP contribution in [0.2, 0.25) is 5.02 Å². The molecule has 3 nitrogen and oxygen atoms in total. The monoisotopic (exact) mass is 283 g/mol. The zero-order valence-electron chi connectivity index (χ0n) is 11.4. The van der Waals surface area contributed by atoms with Crippen LogP contribution in [-0.2, 0) is 9.47 Å². The molecule has 4 heteroatoms. The van der Waals surface area contributed by atoms with Crippen molar-refractivity contribution in [1.29, 1.82) is 0 Å². The molecule has 106 valence electrons. The molecule has 1 unspecified atom stereocenters. The summed E-state index contributed by atoms with van der Waals surface area (Å²) in [5, 5.41) is 3.94. The fourth-order valence-corrected chi connectivity index (χ4v) is 2.53. The summed E-state index contributed by atoms with van der Waals surface area (Å²) >= 11 is 6.05. The molecular formula is C15H22ClNO2. The maximum absolute atomic E-state index is 6.09. The third kappa shape index (κ3) is 4.77. The van der Waals surface area contributed by atoms with Gasteiger partial charge in [-0.25, -0.2) is 0 Å². The minimum Gasteiger partial charge on any atom is -0.381 e. The molecule has 1 N–H and O–H groups in total. The Labute approximate surface area is 120 Å². The standard InChI is InChI=1S/C15H22ClNO2/c1-17-10-15(13-3-2-4-14(16)9-13)19-11-12-5-7-18-8-6-12/h2-4,9,12,15,17H,5-8,10-11H2,1H3. The third-order valence-corrected chi connectivity index (χ3v) is 3.72. The quantitative estimate of drug-likeness (QED) is 0.870. The number of hydrogen-bond acceptors (Lipinski definition) is 3. The van der Waals surface area contributed by atoms with Gasteiger partial charge in [-0.15, -0.1) is 0 Å². The summed E-state index contributed by atoms with van der Waals surface area (Å²) < 4.78 is 11.5. The van der Waals surface area contributed by atoms with Gasteiger partial charge in [-0.2, -0.15) is 0 Å². The third-order valence-electron chi connectivity index (χ3n) is 3.48. The smallest absolute Gasteiger partial charge is 0.0949 e. The fourth-order valence-electron chi connectivity index (χ4n) is 2.33. The molecule has 1 fully saturated rings. The first-order chi connectivity index (χ1) is 9.29. The van der Waals surface area contributed by atoms with Crippen molar-refractivity contribution in [2.24, 2.45) is 5.92 Å². The van der Waals surface area contributed by atoms with E-state index in [2.05, 4.69) is 11.4 Å². The Morgan fingerprint density at radius 3 is 2.89 bits per heavy atom. The highest BCUT2D eigenvalue weighted by Gasteiger charge is 2.18. The summed E-state index contributed by atoms with van der Waals surface area (Å²) in [6.07, 6.45) is 2.26. The van der Waals surface area contributed by atoms with Crippen LogP contribution in [0.1, 0.15) is 24.5 Å². The first-order valence-corrected chi connectivity index (χ1v) is 7.27. The Hall–Kier alpha value is -0.610. The molecule has 0 spiro atoms. The van der Waals surface area contributed by atoms with Crippen molar-refractivity contribution in [1.82, 2.24) is 5.32 Å². The van der Waals surface area contributed by atoms with E-state index in [0.717, 1.165) is 49.8 Å². The van der Waals surface area contributed by atoms with Gasteiger partial charge in [-0.05, 0) is 43.5 Å². The molecule has 0 amide bonds. The lowest BCUT2D eigenvalue weighted by Gasteiger charge is -2.25. The second-order valence-corrected chi connectivity index (χ2v) is 5.43. The average molecular weight is 284 g/mol. The highest BCUT2D eigenvalue weighted by Crippen LogP contribution is 2.23. The van der Waals surface area contributed by atoms with Crippen LogP contribution in [0.5, 0.6) is 0 Å². The van der Waals surface area contributed by atoms with E-state index >= 15 is 0 Å². The van der Waals surface area contributed by atoms with Crippen LogP contribution in [-0.4, -0.2) is 33.4 Å². The largest absolute Gasteiger partial charge is 0.381 e. The van der Waals surface area contributed by atoms with Crippen LogP contribution in [0.3, 0.4) is 0 Å². The molecule has 1 aromatic carbocycles. The average Bonchev–Trinajstić information content (AvgIpc) is 2.44. The molecule has 1 heterocycles. The predicted molar refractivity (Wildman–Crippen MR) is 77.6 cm³/mol. The van der Waals surface area contributed by atoms with Gasteiger partial charge in [0.2, 0.25) is 0 Å². The van der Waals surface area contributed by atoms with Gasteiger partial charge in [0.05, 0.1) is 12.7 Å². The number of ether oxygens (including phenoxy) is 2. The molecule has 1 saturated heterocycles.